The first-order valence-electron chi connectivity index (χ1n) is 7.28. The predicted octanol–water partition coefficient (Wildman–Crippen LogP) is 3.30. The molecule has 3 aromatic rings. The van der Waals surface area contributed by atoms with E-state index < -0.39 is 0 Å². The lowest BCUT2D eigenvalue weighted by Crippen LogP contribution is -2.24. The first-order chi connectivity index (χ1) is 10.6. The summed E-state index contributed by atoms with van der Waals surface area (Å²) >= 11 is 0. The number of nitrogens with zero attached hydrogens (tertiary/aromatic N) is 1. The summed E-state index contributed by atoms with van der Waals surface area (Å²) < 4.78 is 5.43. The molecule has 0 fully saturated rings. The number of oxazole rings is 1. The maximum Gasteiger partial charge on any atom is 0.224 e. The van der Waals surface area contributed by atoms with E-state index in [9.17, 15) is 4.79 Å². The Kier molecular flexibility index (Phi) is 3.92. The average Bonchev–Trinajstić information content (AvgIpc) is 2.84. The van der Waals surface area contributed by atoms with Crippen LogP contribution in [-0.2, 0) is 17.8 Å². The number of hydrogen-bond acceptors (Lipinski definition) is 3. The van der Waals surface area contributed by atoms with Gasteiger partial charge in [0.1, 0.15) is 5.52 Å². The van der Waals surface area contributed by atoms with Crippen molar-refractivity contribution < 1.29 is 9.21 Å². The second-order valence-electron chi connectivity index (χ2n) is 5.48. The van der Waals surface area contributed by atoms with E-state index in [1.54, 1.807) is 0 Å². The third-order valence-electron chi connectivity index (χ3n) is 3.50. The largest absolute Gasteiger partial charge is 0.441 e. The van der Waals surface area contributed by atoms with Gasteiger partial charge in [0.2, 0.25) is 5.91 Å². The maximum atomic E-state index is 12.1. The Bertz CT molecular complexity index is 821. The van der Waals surface area contributed by atoms with Crippen molar-refractivity contribution in [3.63, 3.8) is 0 Å². The van der Waals surface area contributed by atoms with Gasteiger partial charge in [0.15, 0.2) is 11.5 Å². The SMILES string of the molecule is Cc1cccc(CNC(=O)Cc2ccc3oc(C)nc3c2)c1. The molecule has 1 N–H and O–H groups in total. The number of amides is 1. The Hall–Kier alpha value is -2.62. The lowest BCUT2D eigenvalue weighted by Gasteiger charge is -2.06. The summed E-state index contributed by atoms with van der Waals surface area (Å²) in [6.07, 6.45) is 0.341. The molecule has 0 aliphatic carbocycles. The molecule has 0 aliphatic rings. The zero-order valence-corrected chi connectivity index (χ0v) is 12.7. The van der Waals surface area contributed by atoms with Gasteiger partial charge in [0.05, 0.1) is 6.42 Å². The Morgan fingerprint density at radius 1 is 1.14 bits per heavy atom. The van der Waals surface area contributed by atoms with E-state index in [2.05, 4.69) is 16.4 Å². The first kappa shape index (κ1) is 14.3. The quantitative estimate of drug-likeness (QED) is 0.803. The van der Waals surface area contributed by atoms with Crippen molar-refractivity contribution >= 4 is 17.0 Å². The second kappa shape index (κ2) is 6.02. The number of nitrogens with one attached hydrogen (secondary N) is 1. The van der Waals surface area contributed by atoms with E-state index in [1.807, 2.05) is 50.2 Å². The summed E-state index contributed by atoms with van der Waals surface area (Å²) in [5.41, 5.74) is 4.78. The van der Waals surface area contributed by atoms with Gasteiger partial charge in [0, 0.05) is 13.5 Å². The predicted molar refractivity (Wildman–Crippen MR) is 85.5 cm³/mol. The minimum atomic E-state index is 0.000993. The van der Waals surface area contributed by atoms with E-state index in [1.165, 1.54) is 5.56 Å². The van der Waals surface area contributed by atoms with Gasteiger partial charge < -0.3 is 9.73 Å². The zero-order valence-electron chi connectivity index (χ0n) is 12.7. The highest BCUT2D eigenvalue weighted by Crippen LogP contribution is 2.17. The first-order valence-corrected chi connectivity index (χ1v) is 7.28. The summed E-state index contributed by atoms with van der Waals surface area (Å²) in [6.45, 7) is 4.40. The van der Waals surface area contributed by atoms with Crippen molar-refractivity contribution in [2.45, 2.75) is 26.8 Å². The maximum absolute atomic E-state index is 12.1. The van der Waals surface area contributed by atoms with E-state index >= 15 is 0 Å². The summed E-state index contributed by atoms with van der Waals surface area (Å²) in [5.74, 6) is 0.636. The van der Waals surface area contributed by atoms with Crippen LogP contribution in [-0.4, -0.2) is 10.9 Å². The van der Waals surface area contributed by atoms with Crippen LogP contribution in [0.3, 0.4) is 0 Å². The van der Waals surface area contributed by atoms with Crippen LogP contribution in [0.5, 0.6) is 0 Å². The molecule has 3 rings (SSSR count). The molecule has 0 bridgehead atoms. The number of benzene rings is 2. The molecule has 0 atom stereocenters. The number of carbonyl (C=O) groups excluding carboxylic acids is 1. The molecule has 0 spiro atoms. The van der Waals surface area contributed by atoms with Crippen molar-refractivity contribution in [1.82, 2.24) is 10.3 Å². The third-order valence-corrected chi connectivity index (χ3v) is 3.50. The lowest BCUT2D eigenvalue weighted by molar-refractivity contribution is -0.120. The van der Waals surface area contributed by atoms with Crippen molar-refractivity contribution in [3.05, 3.63) is 65.0 Å². The minimum Gasteiger partial charge on any atom is -0.441 e. The van der Waals surface area contributed by atoms with Crippen LogP contribution >= 0.6 is 0 Å². The van der Waals surface area contributed by atoms with Crippen LogP contribution in [0.4, 0.5) is 0 Å². The molecule has 4 heteroatoms. The number of carbonyl (C=O) groups is 1. The lowest BCUT2D eigenvalue weighted by atomic mass is 10.1. The third kappa shape index (κ3) is 3.34. The van der Waals surface area contributed by atoms with Gasteiger partial charge in [-0.1, -0.05) is 35.9 Å². The topological polar surface area (TPSA) is 55.1 Å². The molecule has 0 radical (unpaired) electrons. The molecule has 0 saturated heterocycles. The summed E-state index contributed by atoms with van der Waals surface area (Å²) in [4.78, 5) is 16.3. The molecule has 0 aliphatic heterocycles. The van der Waals surface area contributed by atoms with Crippen molar-refractivity contribution in [1.29, 1.82) is 0 Å². The molecule has 0 saturated carbocycles. The van der Waals surface area contributed by atoms with E-state index in [-0.39, 0.29) is 5.91 Å². The molecule has 1 heterocycles. The van der Waals surface area contributed by atoms with Crippen LogP contribution in [0.1, 0.15) is 22.6 Å². The van der Waals surface area contributed by atoms with Gasteiger partial charge in [-0.2, -0.15) is 0 Å². The summed E-state index contributed by atoms with van der Waals surface area (Å²) in [7, 11) is 0. The molecular weight excluding hydrogens is 276 g/mol. The Labute approximate surface area is 129 Å². The van der Waals surface area contributed by atoms with Crippen molar-refractivity contribution in [2.24, 2.45) is 0 Å². The molecular formula is C18H18N2O2. The zero-order chi connectivity index (χ0) is 15.5. The van der Waals surface area contributed by atoms with Gasteiger partial charge >= 0.3 is 0 Å². The van der Waals surface area contributed by atoms with Crippen molar-refractivity contribution in [3.8, 4) is 0 Å². The number of aryl methyl sites for hydroxylation is 2. The minimum absolute atomic E-state index is 0.000993. The Balaban J connectivity index is 1.62. The van der Waals surface area contributed by atoms with Crippen LogP contribution in [0.25, 0.3) is 11.1 Å². The molecule has 0 unspecified atom stereocenters. The summed E-state index contributed by atoms with van der Waals surface area (Å²) in [6, 6.07) is 13.8. The number of fused-ring (bicyclic) bond motifs is 1. The van der Waals surface area contributed by atoms with E-state index in [0.29, 0.717) is 18.9 Å². The fourth-order valence-corrected chi connectivity index (χ4v) is 2.47. The highest BCUT2D eigenvalue weighted by atomic mass is 16.3. The van der Waals surface area contributed by atoms with E-state index in [4.69, 9.17) is 4.42 Å². The highest BCUT2D eigenvalue weighted by Gasteiger charge is 2.07. The fraction of sp³-hybridized carbons (Fsp3) is 0.222. The standard InChI is InChI=1S/C18H18N2O2/c1-12-4-3-5-15(8-12)11-19-18(21)10-14-6-7-17-16(9-14)20-13(2)22-17/h3-9H,10-11H2,1-2H3,(H,19,21). The van der Waals surface area contributed by atoms with Gasteiger partial charge in [-0.05, 0) is 30.2 Å². The van der Waals surface area contributed by atoms with Gasteiger partial charge in [-0.15, -0.1) is 0 Å². The number of hydrogen-bond donors (Lipinski definition) is 1. The molecule has 2 aromatic carbocycles. The normalized spacial score (nSPS) is 10.8. The molecule has 4 nitrogen and oxygen atoms in total. The monoisotopic (exact) mass is 294 g/mol. The summed E-state index contributed by atoms with van der Waals surface area (Å²) in [5, 5.41) is 2.95. The number of rotatable bonds is 4. The smallest absolute Gasteiger partial charge is 0.224 e. The second-order valence-corrected chi connectivity index (χ2v) is 5.48. The van der Waals surface area contributed by atoms with Crippen LogP contribution in [0.15, 0.2) is 46.9 Å². The van der Waals surface area contributed by atoms with Gasteiger partial charge in [-0.3, -0.25) is 4.79 Å². The Morgan fingerprint density at radius 3 is 2.82 bits per heavy atom. The van der Waals surface area contributed by atoms with Gasteiger partial charge in [-0.25, -0.2) is 4.98 Å². The molecule has 22 heavy (non-hydrogen) atoms. The van der Waals surface area contributed by atoms with Crippen LogP contribution in [0.2, 0.25) is 0 Å². The van der Waals surface area contributed by atoms with E-state index in [0.717, 1.165) is 22.2 Å². The van der Waals surface area contributed by atoms with Gasteiger partial charge in [0.25, 0.3) is 0 Å². The van der Waals surface area contributed by atoms with Crippen molar-refractivity contribution in [2.75, 3.05) is 0 Å². The fourth-order valence-electron chi connectivity index (χ4n) is 2.47. The highest BCUT2D eigenvalue weighted by molar-refractivity contribution is 5.81. The Morgan fingerprint density at radius 2 is 2.00 bits per heavy atom. The van der Waals surface area contributed by atoms with Crippen LogP contribution in [0, 0.1) is 13.8 Å². The molecule has 1 amide bonds. The average molecular weight is 294 g/mol. The molecule has 1 aromatic heterocycles. The van der Waals surface area contributed by atoms with Crippen LogP contribution < -0.4 is 5.32 Å². The number of aromatic nitrogens is 1. The molecule has 112 valence electrons.